The Morgan fingerprint density at radius 1 is 1.42 bits per heavy atom. The Bertz CT molecular complexity index is 184. The normalized spacial score (nSPS) is 36.8. The predicted molar refractivity (Wildman–Crippen MR) is 52.7 cm³/mol. The summed E-state index contributed by atoms with van der Waals surface area (Å²) >= 11 is 0. The molecule has 0 unspecified atom stereocenters. The molecule has 0 heterocycles. The molecule has 12 heavy (non-hydrogen) atoms. The Labute approximate surface area is 75.0 Å². The summed E-state index contributed by atoms with van der Waals surface area (Å²) in [4.78, 5) is 0. The summed E-state index contributed by atoms with van der Waals surface area (Å²) in [5.41, 5.74) is 13.3. The summed E-state index contributed by atoms with van der Waals surface area (Å²) in [7, 11) is 0. The number of hydrogen-bond donors (Lipinski definition) is 2. The number of rotatable bonds is 1. The molecule has 3 atom stereocenters. The topological polar surface area (TPSA) is 52.0 Å². The van der Waals surface area contributed by atoms with E-state index in [0.29, 0.717) is 11.8 Å². The quantitative estimate of drug-likeness (QED) is 0.579. The van der Waals surface area contributed by atoms with Gasteiger partial charge >= 0.3 is 0 Å². The first-order valence-electron chi connectivity index (χ1n) is 4.72. The monoisotopic (exact) mass is 168 g/mol. The lowest BCUT2D eigenvalue weighted by Gasteiger charge is -2.35. The highest BCUT2D eigenvalue weighted by Gasteiger charge is 2.29. The van der Waals surface area contributed by atoms with Gasteiger partial charge in [-0.15, -0.1) is 0 Å². The van der Waals surface area contributed by atoms with Gasteiger partial charge in [0.2, 0.25) is 0 Å². The van der Waals surface area contributed by atoms with Gasteiger partial charge in [-0.05, 0) is 25.2 Å². The number of hydrogen-bond acceptors (Lipinski definition) is 2. The van der Waals surface area contributed by atoms with Crippen molar-refractivity contribution >= 4 is 0 Å². The second kappa shape index (κ2) is 3.58. The van der Waals surface area contributed by atoms with Gasteiger partial charge in [-0.1, -0.05) is 25.5 Å². The summed E-state index contributed by atoms with van der Waals surface area (Å²) in [6, 6.07) is 0.223. The molecule has 4 N–H and O–H groups in total. The fourth-order valence-electron chi connectivity index (χ4n) is 1.90. The van der Waals surface area contributed by atoms with Crippen LogP contribution in [-0.4, -0.2) is 12.1 Å². The van der Waals surface area contributed by atoms with E-state index < -0.39 is 0 Å². The van der Waals surface area contributed by atoms with Crippen LogP contribution < -0.4 is 11.5 Å². The van der Waals surface area contributed by atoms with Crippen molar-refractivity contribution in [1.29, 1.82) is 0 Å². The van der Waals surface area contributed by atoms with E-state index in [-0.39, 0.29) is 12.1 Å². The van der Waals surface area contributed by atoms with E-state index in [1.165, 1.54) is 5.57 Å². The number of allylic oxidation sites excluding steroid dienone is 1. The molecular formula is C10H20N2. The Balaban J connectivity index is 2.73. The van der Waals surface area contributed by atoms with E-state index in [9.17, 15) is 0 Å². The molecule has 1 aliphatic carbocycles. The lowest BCUT2D eigenvalue weighted by atomic mass is 9.77. The van der Waals surface area contributed by atoms with Gasteiger partial charge in [0.25, 0.3) is 0 Å². The van der Waals surface area contributed by atoms with Crippen LogP contribution in [0.2, 0.25) is 0 Å². The molecule has 0 fully saturated rings. The van der Waals surface area contributed by atoms with Crippen molar-refractivity contribution in [2.75, 3.05) is 0 Å². The third-order valence-corrected chi connectivity index (χ3v) is 3.00. The molecule has 1 rings (SSSR count). The molecule has 0 aromatic rings. The van der Waals surface area contributed by atoms with Gasteiger partial charge < -0.3 is 11.5 Å². The standard InChI is InChI=1S/C10H20N2/c1-6(2)8-5-4-7(3)9(11)10(8)12/h4,6,8-10H,5,11-12H2,1-3H3/t8-,9+,10-/m0/s1. The minimum absolute atomic E-state index is 0.0751. The second-order valence-corrected chi connectivity index (χ2v) is 4.19. The highest BCUT2D eigenvalue weighted by molar-refractivity contribution is 5.16. The van der Waals surface area contributed by atoms with Crippen LogP contribution in [0.1, 0.15) is 27.2 Å². The molecular weight excluding hydrogens is 148 g/mol. The van der Waals surface area contributed by atoms with Gasteiger partial charge in [0.1, 0.15) is 0 Å². The molecule has 2 heteroatoms. The van der Waals surface area contributed by atoms with Crippen molar-refractivity contribution in [3.05, 3.63) is 11.6 Å². The SMILES string of the molecule is CC1=CC[C@@H](C(C)C)[C@H](N)[C@@H]1N. The maximum atomic E-state index is 6.05. The van der Waals surface area contributed by atoms with Crippen LogP contribution in [0.3, 0.4) is 0 Å². The summed E-state index contributed by atoms with van der Waals surface area (Å²) in [6.45, 7) is 6.50. The Morgan fingerprint density at radius 3 is 2.50 bits per heavy atom. The molecule has 0 radical (unpaired) electrons. The highest BCUT2D eigenvalue weighted by atomic mass is 14.8. The maximum Gasteiger partial charge on any atom is 0.0408 e. The van der Waals surface area contributed by atoms with Crippen molar-refractivity contribution in [2.24, 2.45) is 23.3 Å². The minimum Gasteiger partial charge on any atom is -0.326 e. The third kappa shape index (κ3) is 1.70. The van der Waals surface area contributed by atoms with Gasteiger partial charge in [-0.2, -0.15) is 0 Å². The van der Waals surface area contributed by atoms with Gasteiger partial charge in [-0.3, -0.25) is 0 Å². The molecule has 70 valence electrons. The Hall–Kier alpha value is -0.340. The molecule has 1 aliphatic rings. The van der Waals surface area contributed by atoms with E-state index in [1.54, 1.807) is 0 Å². The second-order valence-electron chi connectivity index (χ2n) is 4.19. The average molecular weight is 168 g/mol. The molecule has 0 saturated heterocycles. The van der Waals surface area contributed by atoms with Crippen molar-refractivity contribution in [3.8, 4) is 0 Å². The van der Waals surface area contributed by atoms with Gasteiger partial charge in [0, 0.05) is 12.1 Å². The van der Waals surface area contributed by atoms with Crippen LogP contribution >= 0.6 is 0 Å². The van der Waals surface area contributed by atoms with Crippen molar-refractivity contribution < 1.29 is 0 Å². The highest BCUT2D eigenvalue weighted by Crippen LogP contribution is 2.27. The van der Waals surface area contributed by atoms with E-state index in [0.717, 1.165) is 6.42 Å². The van der Waals surface area contributed by atoms with Gasteiger partial charge in [0.15, 0.2) is 0 Å². The number of nitrogens with two attached hydrogens (primary N) is 2. The van der Waals surface area contributed by atoms with E-state index >= 15 is 0 Å². The molecule has 0 aliphatic heterocycles. The van der Waals surface area contributed by atoms with Crippen LogP contribution in [0.5, 0.6) is 0 Å². The lowest BCUT2D eigenvalue weighted by molar-refractivity contribution is 0.286. The van der Waals surface area contributed by atoms with Crippen LogP contribution in [0, 0.1) is 11.8 Å². The van der Waals surface area contributed by atoms with Gasteiger partial charge in [0.05, 0.1) is 0 Å². The van der Waals surface area contributed by atoms with Crippen molar-refractivity contribution in [1.82, 2.24) is 0 Å². The van der Waals surface area contributed by atoms with Crippen LogP contribution in [-0.2, 0) is 0 Å². The first-order valence-corrected chi connectivity index (χ1v) is 4.72. The first kappa shape index (κ1) is 9.75. The smallest absolute Gasteiger partial charge is 0.0408 e. The van der Waals surface area contributed by atoms with Crippen LogP contribution in [0.25, 0.3) is 0 Å². The molecule has 0 aromatic heterocycles. The maximum absolute atomic E-state index is 6.05. The van der Waals surface area contributed by atoms with Crippen molar-refractivity contribution in [2.45, 2.75) is 39.3 Å². The molecule has 2 nitrogen and oxygen atoms in total. The van der Waals surface area contributed by atoms with Gasteiger partial charge in [-0.25, -0.2) is 0 Å². The summed E-state index contributed by atoms with van der Waals surface area (Å²) < 4.78 is 0. The molecule has 0 bridgehead atoms. The van der Waals surface area contributed by atoms with E-state index in [4.69, 9.17) is 11.5 Å². The fourth-order valence-corrected chi connectivity index (χ4v) is 1.90. The Morgan fingerprint density at radius 2 is 2.00 bits per heavy atom. The molecule has 0 aromatic carbocycles. The minimum atomic E-state index is 0.0751. The van der Waals surface area contributed by atoms with Crippen LogP contribution in [0.15, 0.2) is 11.6 Å². The van der Waals surface area contributed by atoms with Crippen molar-refractivity contribution in [3.63, 3.8) is 0 Å². The zero-order valence-corrected chi connectivity index (χ0v) is 8.25. The largest absolute Gasteiger partial charge is 0.326 e. The van der Waals surface area contributed by atoms with E-state index in [1.807, 2.05) is 0 Å². The summed E-state index contributed by atoms with van der Waals surface area (Å²) in [6.07, 6.45) is 3.33. The molecule has 0 spiro atoms. The lowest BCUT2D eigenvalue weighted by Crippen LogP contribution is -2.50. The zero-order chi connectivity index (χ0) is 9.30. The third-order valence-electron chi connectivity index (χ3n) is 3.00. The molecule has 0 saturated carbocycles. The predicted octanol–water partition coefficient (Wildman–Crippen LogP) is 1.26. The first-order chi connectivity index (χ1) is 5.54. The fraction of sp³-hybridized carbons (Fsp3) is 0.800. The Kier molecular flexibility index (Phi) is 2.91. The zero-order valence-electron chi connectivity index (χ0n) is 8.25. The summed E-state index contributed by atoms with van der Waals surface area (Å²) in [5.74, 6) is 1.19. The molecule has 0 amide bonds. The summed E-state index contributed by atoms with van der Waals surface area (Å²) in [5, 5.41) is 0. The van der Waals surface area contributed by atoms with E-state index in [2.05, 4.69) is 26.8 Å². The average Bonchev–Trinajstić information content (AvgIpc) is 2.00. The van der Waals surface area contributed by atoms with Crippen LogP contribution in [0.4, 0.5) is 0 Å².